The Morgan fingerprint density at radius 2 is 2.07 bits per heavy atom. The first-order chi connectivity index (χ1) is 6.66. The smallest absolute Gasteiger partial charge is 0.106 e. The molecule has 0 saturated carbocycles. The number of nitrogens with zero attached hydrogens (tertiary/aromatic N) is 2. The van der Waals surface area contributed by atoms with E-state index < -0.39 is 0 Å². The predicted molar refractivity (Wildman–Crippen MR) is 64.8 cm³/mol. The lowest BCUT2D eigenvalue weighted by Crippen LogP contribution is -2.38. The lowest BCUT2D eigenvalue weighted by Gasteiger charge is -2.30. The quantitative estimate of drug-likeness (QED) is 0.412. The maximum Gasteiger partial charge on any atom is 0.106 e. The van der Waals surface area contributed by atoms with Gasteiger partial charge in [0.2, 0.25) is 0 Å². The minimum absolute atomic E-state index is 0.551. The molecule has 80 valence electrons. The molecule has 4 heteroatoms. The van der Waals surface area contributed by atoms with Gasteiger partial charge in [-0.05, 0) is 25.9 Å². The van der Waals surface area contributed by atoms with Crippen LogP contribution in [0.3, 0.4) is 0 Å². The summed E-state index contributed by atoms with van der Waals surface area (Å²) in [5.74, 6) is 1.65. The Morgan fingerprint density at radius 3 is 2.50 bits per heavy atom. The second-order valence-electron chi connectivity index (χ2n) is 3.58. The fourth-order valence-corrected chi connectivity index (χ4v) is 1.92. The topological polar surface area (TPSA) is 27.6 Å². The highest BCUT2D eigenvalue weighted by Crippen LogP contribution is 2.18. The van der Waals surface area contributed by atoms with Crippen LogP contribution in [0.5, 0.6) is 0 Å². The number of hydrogen-bond acceptors (Lipinski definition) is 3. The van der Waals surface area contributed by atoms with Gasteiger partial charge >= 0.3 is 0 Å². The van der Waals surface area contributed by atoms with Crippen molar-refractivity contribution in [2.24, 2.45) is 10.9 Å². The summed E-state index contributed by atoms with van der Waals surface area (Å²) in [5, 5.41) is 4.10. The van der Waals surface area contributed by atoms with Gasteiger partial charge in [0.05, 0.1) is 5.03 Å². The molecule has 14 heavy (non-hydrogen) atoms. The molecule has 0 unspecified atom stereocenters. The van der Waals surface area contributed by atoms with Crippen molar-refractivity contribution in [2.45, 2.75) is 12.8 Å². The van der Waals surface area contributed by atoms with E-state index in [1.807, 2.05) is 19.0 Å². The molecule has 0 bridgehead atoms. The van der Waals surface area contributed by atoms with Crippen LogP contribution in [0.2, 0.25) is 0 Å². The Kier molecular flexibility index (Phi) is 4.48. The highest BCUT2D eigenvalue weighted by Gasteiger charge is 2.21. The monoisotopic (exact) mass is 213 g/mol. The largest absolute Gasteiger partial charge is 0.328 e. The zero-order valence-corrected chi connectivity index (χ0v) is 9.85. The summed E-state index contributed by atoms with van der Waals surface area (Å²) in [6, 6.07) is 0. The van der Waals surface area contributed by atoms with Gasteiger partial charge in [0, 0.05) is 20.0 Å². The SMILES string of the molecule is C=C(S)N(C)C(=NC)C1CCNCC1. The van der Waals surface area contributed by atoms with Gasteiger partial charge in [-0.2, -0.15) is 0 Å². The van der Waals surface area contributed by atoms with Crippen molar-refractivity contribution in [3.63, 3.8) is 0 Å². The van der Waals surface area contributed by atoms with E-state index in [4.69, 9.17) is 0 Å². The minimum Gasteiger partial charge on any atom is -0.328 e. The number of hydrogen-bond donors (Lipinski definition) is 2. The molecule has 0 spiro atoms. The standard InChI is InChI=1S/C10H19N3S/c1-8(14)13(3)10(11-2)9-4-6-12-7-5-9/h9,12,14H,1,4-7H2,2-3H3. The van der Waals surface area contributed by atoms with Crippen molar-refractivity contribution in [1.29, 1.82) is 0 Å². The molecule has 1 aliphatic heterocycles. The van der Waals surface area contributed by atoms with Crippen LogP contribution in [0.1, 0.15) is 12.8 Å². The second-order valence-corrected chi connectivity index (χ2v) is 4.10. The van der Waals surface area contributed by atoms with E-state index in [0.29, 0.717) is 5.92 Å². The molecule has 1 aliphatic rings. The first-order valence-electron chi connectivity index (χ1n) is 4.95. The lowest BCUT2D eigenvalue weighted by molar-refractivity contribution is 0.429. The van der Waals surface area contributed by atoms with Crippen LogP contribution in [-0.4, -0.2) is 37.9 Å². The van der Waals surface area contributed by atoms with E-state index in [1.54, 1.807) is 0 Å². The highest BCUT2D eigenvalue weighted by molar-refractivity contribution is 7.84. The Balaban J connectivity index is 2.65. The molecule has 0 amide bonds. The fourth-order valence-electron chi connectivity index (χ4n) is 1.82. The van der Waals surface area contributed by atoms with Crippen LogP contribution in [0, 0.1) is 5.92 Å². The minimum atomic E-state index is 0.551. The molecule has 1 heterocycles. The number of aliphatic imine (C=N–C) groups is 1. The molecule has 1 fully saturated rings. The van der Waals surface area contributed by atoms with E-state index in [0.717, 1.165) is 36.8 Å². The number of rotatable bonds is 2. The van der Waals surface area contributed by atoms with Crippen LogP contribution in [0.25, 0.3) is 0 Å². The predicted octanol–water partition coefficient (Wildman–Crippen LogP) is 1.35. The molecule has 0 atom stereocenters. The van der Waals surface area contributed by atoms with E-state index in [1.165, 1.54) is 0 Å². The van der Waals surface area contributed by atoms with E-state index in [9.17, 15) is 0 Å². The van der Waals surface area contributed by atoms with E-state index in [-0.39, 0.29) is 0 Å². The van der Waals surface area contributed by atoms with E-state index >= 15 is 0 Å². The van der Waals surface area contributed by atoms with E-state index in [2.05, 4.69) is 29.5 Å². The average molecular weight is 213 g/mol. The van der Waals surface area contributed by atoms with Crippen LogP contribution in [0.4, 0.5) is 0 Å². The van der Waals surface area contributed by atoms with Crippen molar-refractivity contribution >= 4 is 18.5 Å². The Morgan fingerprint density at radius 1 is 1.50 bits per heavy atom. The molecular formula is C10H19N3S. The van der Waals surface area contributed by atoms with Crippen molar-refractivity contribution in [2.75, 3.05) is 27.2 Å². The highest BCUT2D eigenvalue weighted by atomic mass is 32.1. The number of thiol groups is 1. The maximum absolute atomic E-state index is 4.34. The number of amidine groups is 1. The van der Waals surface area contributed by atoms with Crippen LogP contribution < -0.4 is 5.32 Å². The fraction of sp³-hybridized carbons (Fsp3) is 0.700. The Hall–Kier alpha value is -0.480. The molecule has 1 saturated heterocycles. The first kappa shape index (κ1) is 11.6. The molecule has 0 aromatic rings. The summed E-state index contributed by atoms with van der Waals surface area (Å²) in [7, 11) is 3.81. The summed E-state index contributed by atoms with van der Waals surface area (Å²) in [4.78, 5) is 6.31. The molecular weight excluding hydrogens is 194 g/mol. The third-order valence-electron chi connectivity index (χ3n) is 2.66. The molecule has 1 rings (SSSR count). The number of nitrogens with one attached hydrogen (secondary N) is 1. The van der Waals surface area contributed by atoms with Gasteiger partial charge in [-0.3, -0.25) is 4.99 Å². The van der Waals surface area contributed by atoms with Crippen molar-refractivity contribution < 1.29 is 0 Å². The molecule has 0 aromatic heterocycles. The summed E-state index contributed by atoms with van der Waals surface area (Å²) in [6.45, 7) is 5.97. The molecule has 3 nitrogen and oxygen atoms in total. The molecule has 1 N–H and O–H groups in total. The zero-order valence-electron chi connectivity index (χ0n) is 8.95. The van der Waals surface area contributed by atoms with Crippen LogP contribution in [-0.2, 0) is 0 Å². The summed E-state index contributed by atoms with van der Waals surface area (Å²) < 4.78 is 0. The summed E-state index contributed by atoms with van der Waals surface area (Å²) >= 11 is 4.24. The summed E-state index contributed by atoms with van der Waals surface area (Å²) in [5.41, 5.74) is 0. The van der Waals surface area contributed by atoms with Gasteiger partial charge in [-0.15, -0.1) is 12.6 Å². The second kappa shape index (κ2) is 5.41. The van der Waals surface area contributed by atoms with Crippen LogP contribution in [0.15, 0.2) is 16.6 Å². The van der Waals surface area contributed by atoms with Crippen molar-refractivity contribution in [3.05, 3.63) is 11.6 Å². The maximum atomic E-state index is 4.34. The van der Waals surface area contributed by atoms with Gasteiger partial charge in [-0.1, -0.05) is 6.58 Å². The van der Waals surface area contributed by atoms with Gasteiger partial charge in [0.15, 0.2) is 0 Å². The molecule has 0 aromatic carbocycles. The van der Waals surface area contributed by atoms with Crippen molar-refractivity contribution in [3.8, 4) is 0 Å². The first-order valence-corrected chi connectivity index (χ1v) is 5.40. The van der Waals surface area contributed by atoms with Gasteiger partial charge in [-0.25, -0.2) is 0 Å². The van der Waals surface area contributed by atoms with Gasteiger partial charge in [0.25, 0.3) is 0 Å². The third kappa shape index (κ3) is 2.75. The van der Waals surface area contributed by atoms with Crippen LogP contribution >= 0.6 is 12.6 Å². The molecule has 0 radical (unpaired) electrons. The Bertz CT molecular complexity index is 232. The lowest BCUT2D eigenvalue weighted by atomic mass is 9.96. The average Bonchev–Trinajstić information content (AvgIpc) is 2.20. The summed E-state index contributed by atoms with van der Waals surface area (Å²) in [6.07, 6.45) is 2.30. The third-order valence-corrected chi connectivity index (χ3v) is 2.96. The Labute approximate surface area is 91.7 Å². The van der Waals surface area contributed by atoms with Gasteiger partial charge < -0.3 is 10.2 Å². The number of piperidine rings is 1. The molecule has 0 aliphatic carbocycles. The van der Waals surface area contributed by atoms with Gasteiger partial charge in [0.1, 0.15) is 5.84 Å². The normalized spacial score (nSPS) is 19.5. The van der Waals surface area contributed by atoms with Crippen molar-refractivity contribution in [1.82, 2.24) is 10.2 Å². The zero-order chi connectivity index (χ0) is 10.6.